The van der Waals surface area contributed by atoms with Crippen molar-refractivity contribution >= 4 is 75.3 Å². The third-order valence-corrected chi connectivity index (χ3v) is 7.88. The number of β-lactam (4-membered cyclic amide) rings is 1. The number of oxime groups is 1. The minimum Gasteiger partial charge on any atom is -0.427 e. The van der Waals surface area contributed by atoms with Crippen molar-refractivity contribution in [2.45, 2.75) is 32.2 Å². The van der Waals surface area contributed by atoms with Crippen molar-refractivity contribution in [1.29, 1.82) is 0 Å². The van der Waals surface area contributed by atoms with Crippen LogP contribution >= 0.6 is 34.6 Å². The summed E-state index contributed by atoms with van der Waals surface area (Å²) < 4.78 is 14.0. The normalized spacial score (nSPS) is 19.5. The SMILES string of the molecule is CC(C)(C)C(=O)OCOC(=O)C1=C(/C=C/c2csnn2)CS[C@@H]2C(NC(=O)/C(=N\O)c3csc(N)n3)C(=O)N12. The van der Waals surface area contributed by atoms with E-state index >= 15 is 0 Å². The topological polar surface area (TPSA) is 199 Å². The highest BCUT2D eigenvalue weighted by atomic mass is 32.2. The van der Waals surface area contributed by atoms with Crippen LogP contribution in [-0.4, -0.2) is 78.1 Å². The summed E-state index contributed by atoms with van der Waals surface area (Å²) in [4.78, 5) is 56.2. The number of nitrogens with one attached hydrogen (secondary N) is 1. The van der Waals surface area contributed by atoms with Gasteiger partial charge in [0.25, 0.3) is 11.8 Å². The van der Waals surface area contributed by atoms with E-state index in [4.69, 9.17) is 15.2 Å². The van der Waals surface area contributed by atoms with Crippen molar-refractivity contribution in [1.82, 2.24) is 24.8 Å². The third-order valence-electron chi connectivity index (χ3n) is 5.38. The maximum Gasteiger partial charge on any atom is 0.358 e. The Morgan fingerprint density at radius 3 is 2.67 bits per heavy atom. The third kappa shape index (κ3) is 6.10. The van der Waals surface area contributed by atoms with Gasteiger partial charge in [0.1, 0.15) is 22.8 Å². The molecule has 2 aliphatic rings. The van der Waals surface area contributed by atoms with Gasteiger partial charge in [-0.15, -0.1) is 28.2 Å². The second kappa shape index (κ2) is 11.5. The Kier molecular flexibility index (Phi) is 8.31. The van der Waals surface area contributed by atoms with Crippen LogP contribution in [0.3, 0.4) is 0 Å². The molecule has 17 heteroatoms. The molecule has 0 saturated carbocycles. The smallest absolute Gasteiger partial charge is 0.358 e. The minimum atomic E-state index is -1.02. The Hall–Kier alpha value is -3.83. The molecule has 2 aromatic heterocycles. The second-order valence-corrected chi connectivity index (χ2v) is 11.8. The number of thiazole rings is 1. The minimum absolute atomic E-state index is 0.0512. The summed E-state index contributed by atoms with van der Waals surface area (Å²) in [7, 11) is 0. The summed E-state index contributed by atoms with van der Waals surface area (Å²) in [5.74, 6) is -2.60. The molecule has 1 saturated heterocycles. The Bertz CT molecular complexity index is 1380. The predicted octanol–water partition coefficient (Wildman–Crippen LogP) is 1.21. The highest BCUT2D eigenvalue weighted by Crippen LogP contribution is 2.41. The monoisotopic (exact) mass is 593 g/mol. The van der Waals surface area contributed by atoms with Crippen LogP contribution in [0.1, 0.15) is 32.2 Å². The average molecular weight is 594 g/mol. The number of thioether (sulfide) groups is 1. The zero-order valence-corrected chi connectivity index (χ0v) is 23.3. The molecule has 2 aliphatic heterocycles. The highest BCUT2D eigenvalue weighted by molar-refractivity contribution is 8.00. The molecule has 2 amide bonds. The van der Waals surface area contributed by atoms with Gasteiger partial charge in [0.05, 0.1) is 11.1 Å². The summed E-state index contributed by atoms with van der Waals surface area (Å²) in [5.41, 5.74) is 5.40. The number of allylic oxidation sites excluding steroid dienone is 1. The molecule has 4 N–H and O–H groups in total. The number of carbonyl (C=O) groups is 4. The number of hydrogen-bond donors (Lipinski definition) is 3. The molecule has 0 aromatic carbocycles. The number of aromatic nitrogens is 3. The number of fused-ring (bicyclic) bond motifs is 1. The molecule has 0 bridgehead atoms. The van der Waals surface area contributed by atoms with Crippen LogP contribution in [0.15, 0.2) is 33.3 Å². The molecule has 39 heavy (non-hydrogen) atoms. The van der Waals surface area contributed by atoms with Gasteiger partial charge in [-0.1, -0.05) is 15.7 Å². The molecule has 4 rings (SSSR count). The molecule has 4 heterocycles. The fourth-order valence-corrected chi connectivity index (χ4v) is 5.72. The standard InChI is InChI=1S/C22H23N7O7S3/c1-22(2,3)20(33)36-9-35-19(32)15-10(4-5-11-7-39-28-26-11)6-37-18-14(17(31)29(15)18)25-16(30)13(27-34)12-8-38-21(23)24-12/h4-5,7-8,14,18,34H,6,9H2,1-3H3,(H2,23,24)(H,25,30)/b5-4+,27-13-/t14?,18-/m1/s1. The van der Waals surface area contributed by atoms with Gasteiger partial charge in [0, 0.05) is 16.5 Å². The number of carbonyl (C=O) groups excluding carboxylic acids is 4. The summed E-state index contributed by atoms with van der Waals surface area (Å²) in [6.45, 7) is 4.32. The lowest BCUT2D eigenvalue weighted by Crippen LogP contribution is -2.71. The maximum atomic E-state index is 13.2. The van der Waals surface area contributed by atoms with E-state index in [0.717, 1.165) is 22.9 Å². The Morgan fingerprint density at radius 2 is 2.05 bits per heavy atom. The van der Waals surface area contributed by atoms with Crippen molar-refractivity contribution in [2.75, 3.05) is 18.3 Å². The molecular formula is C22H23N7O7S3. The Labute approximate surface area is 234 Å². The quantitative estimate of drug-likeness (QED) is 0.0988. The van der Waals surface area contributed by atoms with E-state index in [1.54, 1.807) is 38.3 Å². The number of nitrogen functional groups attached to an aromatic ring is 1. The lowest BCUT2D eigenvalue weighted by molar-refractivity contribution is -0.173. The lowest BCUT2D eigenvalue weighted by Gasteiger charge is -2.49. The van der Waals surface area contributed by atoms with Gasteiger partial charge in [0.15, 0.2) is 10.8 Å². The van der Waals surface area contributed by atoms with Crippen molar-refractivity contribution in [3.63, 3.8) is 0 Å². The van der Waals surface area contributed by atoms with Gasteiger partial charge < -0.3 is 25.7 Å². The summed E-state index contributed by atoms with van der Waals surface area (Å²) in [5, 5.41) is 21.5. The zero-order chi connectivity index (χ0) is 28.3. The molecule has 0 spiro atoms. The van der Waals surface area contributed by atoms with Crippen LogP contribution in [-0.2, 0) is 28.7 Å². The first-order valence-corrected chi connectivity index (χ1v) is 14.0. The summed E-state index contributed by atoms with van der Waals surface area (Å²) in [6.07, 6.45) is 3.26. The van der Waals surface area contributed by atoms with E-state index in [1.807, 2.05) is 0 Å². The number of anilines is 1. The van der Waals surface area contributed by atoms with Gasteiger partial charge in [-0.25, -0.2) is 9.78 Å². The van der Waals surface area contributed by atoms with Crippen molar-refractivity contribution in [3.05, 3.63) is 39.5 Å². The number of nitrogens with two attached hydrogens (primary N) is 1. The molecule has 0 radical (unpaired) electrons. The first-order chi connectivity index (χ1) is 18.5. The van der Waals surface area contributed by atoms with E-state index in [2.05, 4.69) is 25.0 Å². The van der Waals surface area contributed by atoms with E-state index in [0.29, 0.717) is 11.3 Å². The van der Waals surface area contributed by atoms with E-state index < -0.39 is 53.1 Å². The molecule has 0 aliphatic carbocycles. The van der Waals surface area contributed by atoms with Crippen LogP contribution < -0.4 is 11.1 Å². The number of rotatable bonds is 8. The van der Waals surface area contributed by atoms with Gasteiger partial charge in [-0.2, -0.15) is 0 Å². The van der Waals surface area contributed by atoms with Crippen molar-refractivity contribution in [2.24, 2.45) is 10.6 Å². The molecule has 206 valence electrons. The van der Waals surface area contributed by atoms with Crippen molar-refractivity contribution < 1.29 is 33.9 Å². The first-order valence-electron chi connectivity index (χ1n) is 11.2. The van der Waals surface area contributed by atoms with E-state index in [9.17, 15) is 24.4 Å². The zero-order valence-electron chi connectivity index (χ0n) is 20.8. The second-order valence-electron chi connectivity index (χ2n) is 9.15. The molecular weight excluding hydrogens is 570 g/mol. The number of hydrogen-bond acceptors (Lipinski definition) is 15. The molecule has 1 fully saturated rings. The molecule has 2 aromatic rings. The summed E-state index contributed by atoms with van der Waals surface area (Å²) >= 11 is 3.51. The van der Waals surface area contributed by atoms with Crippen LogP contribution in [0.5, 0.6) is 0 Å². The number of nitrogens with zero attached hydrogens (tertiary/aromatic N) is 5. The largest absolute Gasteiger partial charge is 0.427 e. The number of ether oxygens (including phenoxy) is 2. The number of esters is 2. The fraction of sp³-hybridized carbons (Fsp3) is 0.364. The van der Waals surface area contributed by atoms with Crippen LogP contribution in [0.2, 0.25) is 0 Å². The first kappa shape index (κ1) is 28.2. The van der Waals surface area contributed by atoms with Gasteiger partial charge in [-0.05, 0) is 44.0 Å². The van der Waals surface area contributed by atoms with Crippen LogP contribution in [0, 0.1) is 5.41 Å². The van der Waals surface area contributed by atoms with Crippen LogP contribution in [0.25, 0.3) is 6.08 Å². The maximum absolute atomic E-state index is 13.2. The van der Waals surface area contributed by atoms with E-state index in [1.165, 1.54) is 22.0 Å². The number of amides is 2. The lowest BCUT2D eigenvalue weighted by atomic mass is 9.98. The van der Waals surface area contributed by atoms with E-state index in [-0.39, 0.29) is 22.3 Å². The fourth-order valence-electron chi connectivity index (χ4n) is 3.43. The summed E-state index contributed by atoms with van der Waals surface area (Å²) in [6, 6.07) is -1.02. The molecule has 2 atom stereocenters. The molecule has 14 nitrogen and oxygen atoms in total. The van der Waals surface area contributed by atoms with Gasteiger partial charge >= 0.3 is 11.9 Å². The van der Waals surface area contributed by atoms with Crippen molar-refractivity contribution in [3.8, 4) is 0 Å². The highest BCUT2D eigenvalue weighted by Gasteiger charge is 2.54. The van der Waals surface area contributed by atoms with Gasteiger partial charge in [-0.3, -0.25) is 19.3 Å². The van der Waals surface area contributed by atoms with Crippen LogP contribution in [0.4, 0.5) is 5.13 Å². The Morgan fingerprint density at radius 1 is 1.28 bits per heavy atom. The van der Waals surface area contributed by atoms with Gasteiger partial charge in [0.2, 0.25) is 6.79 Å². The average Bonchev–Trinajstić information content (AvgIpc) is 3.57. The molecule has 1 unspecified atom stereocenters. The predicted molar refractivity (Wildman–Crippen MR) is 142 cm³/mol. The Balaban J connectivity index is 1.52.